The summed E-state index contributed by atoms with van der Waals surface area (Å²) in [4.78, 5) is 25.8. The van der Waals surface area contributed by atoms with Crippen LogP contribution in [0.4, 0.5) is 0 Å². The lowest BCUT2D eigenvalue weighted by atomic mass is 9.84. The largest absolute Gasteiger partial charge is 0.497 e. The Kier molecular flexibility index (Phi) is 4.07. The van der Waals surface area contributed by atoms with Crippen LogP contribution in [0.15, 0.2) is 82.5 Å². The molecule has 170 valence electrons. The lowest BCUT2D eigenvalue weighted by Crippen LogP contribution is -2.24. The van der Waals surface area contributed by atoms with Gasteiger partial charge in [-0.15, -0.1) is 5.10 Å². The number of aromatic nitrogens is 5. The number of pyridine rings is 1. The van der Waals surface area contributed by atoms with E-state index in [1.165, 1.54) is 0 Å². The second-order valence-corrected chi connectivity index (χ2v) is 8.20. The zero-order valence-electron chi connectivity index (χ0n) is 18.4. The molecule has 1 aliphatic rings. The summed E-state index contributed by atoms with van der Waals surface area (Å²) in [6, 6.07) is 18.7. The molecule has 6 aromatic rings. The Morgan fingerprint density at radius 2 is 1.89 bits per heavy atom. The molecule has 0 radical (unpaired) electrons. The number of benzene rings is 2. The smallest absolute Gasteiger partial charge is 0.256 e. The maximum absolute atomic E-state index is 13.5. The molecule has 5 heterocycles. The molecule has 0 fully saturated rings. The van der Waals surface area contributed by atoms with Gasteiger partial charge in [-0.05, 0) is 42.0 Å². The number of methoxy groups -OCH3 is 1. The summed E-state index contributed by atoms with van der Waals surface area (Å²) >= 11 is 0. The van der Waals surface area contributed by atoms with Crippen LogP contribution in [-0.2, 0) is 0 Å². The Morgan fingerprint density at radius 3 is 2.69 bits per heavy atom. The summed E-state index contributed by atoms with van der Waals surface area (Å²) in [5, 5.41) is 5.33. The van der Waals surface area contributed by atoms with E-state index in [0.717, 1.165) is 10.9 Å². The maximum atomic E-state index is 13.5. The number of nitrogens with one attached hydrogen (secondary N) is 1. The zero-order chi connectivity index (χ0) is 23.5. The van der Waals surface area contributed by atoms with Crippen molar-refractivity contribution < 1.29 is 13.9 Å². The molecule has 4 aromatic heterocycles. The summed E-state index contributed by atoms with van der Waals surface area (Å²) in [7, 11) is 1.62. The molecular weight excluding hydrogens is 446 g/mol. The molecule has 0 amide bonds. The Balaban J connectivity index is 1.55. The van der Waals surface area contributed by atoms with Gasteiger partial charge in [-0.1, -0.05) is 24.3 Å². The monoisotopic (exact) mass is 463 g/mol. The van der Waals surface area contributed by atoms with Crippen molar-refractivity contribution in [2.45, 2.75) is 5.92 Å². The Bertz CT molecular complexity index is 1790. The number of H-pyrrole nitrogens is 1. The van der Waals surface area contributed by atoms with Gasteiger partial charge >= 0.3 is 0 Å². The zero-order valence-corrected chi connectivity index (χ0v) is 18.4. The van der Waals surface area contributed by atoms with Crippen molar-refractivity contribution in [3.8, 4) is 29.0 Å². The maximum Gasteiger partial charge on any atom is 0.256 e. The third kappa shape index (κ3) is 2.88. The van der Waals surface area contributed by atoms with Crippen LogP contribution in [0.1, 0.15) is 22.6 Å². The third-order valence-corrected chi connectivity index (χ3v) is 6.26. The second kappa shape index (κ2) is 7.29. The summed E-state index contributed by atoms with van der Waals surface area (Å²) in [6.07, 6.45) is 3.12. The SMILES string of the molecule is COc1ccc(C2c3c(c4ccccc4[nH]c3=O)Oc3ncn4nc(-c5ccco5)nc4c32)cc1. The highest BCUT2D eigenvalue weighted by Gasteiger charge is 2.36. The summed E-state index contributed by atoms with van der Waals surface area (Å²) in [6.45, 7) is 0. The second-order valence-electron chi connectivity index (χ2n) is 8.20. The van der Waals surface area contributed by atoms with Gasteiger partial charge in [0.05, 0.1) is 35.9 Å². The minimum atomic E-state index is -0.502. The van der Waals surface area contributed by atoms with E-state index in [2.05, 4.69) is 15.1 Å². The van der Waals surface area contributed by atoms with Gasteiger partial charge in [-0.3, -0.25) is 4.79 Å². The number of fused-ring (bicyclic) bond motifs is 6. The first-order valence-electron chi connectivity index (χ1n) is 11.0. The Labute approximate surface area is 197 Å². The van der Waals surface area contributed by atoms with E-state index in [1.54, 1.807) is 36.3 Å². The molecule has 0 spiro atoms. The molecule has 0 aliphatic carbocycles. The van der Waals surface area contributed by atoms with Crippen LogP contribution >= 0.6 is 0 Å². The lowest BCUT2D eigenvalue weighted by molar-refractivity contribution is 0.414. The lowest BCUT2D eigenvalue weighted by Gasteiger charge is -2.28. The van der Waals surface area contributed by atoms with Crippen LogP contribution in [-0.4, -0.2) is 31.7 Å². The van der Waals surface area contributed by atoms with Crippen molar-refractivity contribution in [2.24, 2.45) is 0 Å². The van der Waals surface area contributed by atoms with Crippen LogP contribution in [0.5, 0.6) is 17.4 Å². The number of hydrogen-bond acceptors (Lipinski definition) is 7. The molecule has 0 saturated carbocycles. The summed E-state index contributed by atoms with van der Waals surface area (Å²) in [5.74, 6) is 2.02. The fourth-order valence-corrected chi connectivity index (χ4v) is 4.67. The van der Waals surface area contributed by atoms with Crippen molar-refractivity contribution in [1.82, 2.24) is 24.6 Å². The van der Waals surface area contributed by atoms with Crippen LogP contribution in [0.25, 0.3) is 28.1 Å². The van der Waals surface area contributed by atoms with Gasteiger partial charge in [-0.25, -0.2) is 14.5 Å². The van der Waals surface area contributed by atoms with E-state index < -0.39 is 5.92 Å². The number of ether oxygens (including phenoxy) is 2. The third-order valence-electron chi connectivity index (χ3n) is 6.26. The van der Waals surface area contributed by atoms with E-state index in [0.29, 0.717) is 51.3 Å². The topological polar surface area (TPSA) is 108 Å². The van der Waals surface area contributed by atoms with E-state index in [4.69, 9.17) is 18.9 Å². The molecule has 7 rings (SSSR count). The highest BCUT2D eigenvalue weighted by atomic mass is 16.5. The quantitative estimate of drug-likeness (QED) is 0.410. The van der Waals surface area contributed by atoms with Crippen molar-refractivity contribution in [2.75, 3.05) is 7.11 Å². The molecule has 0 bridgehead atoms. The average Bonchev–Trinajstić information content (AvgIpc) is 3.58. The molecule has 0 saturated heterocycles. The van der Waals surface area contributed by atoms with Crippen molar-refractivity contribution in [1.29, 1.82) is 0 Å². The first-order chi connectivity index (χ1) is 17.2. The number of hydrogen-bond donors (Lipinski definition) is 1. The predicted octanol–water partition coefficient (Wildman–Crippen LogP) is 4.52. The molecule has 1 atom stereocenters. The van der Waals surface area contributed by atoms with Gasteiger partial charge in [0, 0.05) is 5.39 Å². The van der Waals surface area contributed by atoms with Gasteiger partial charge in [0.1, 0.15) is 17.8 Å². The van der Waals surface area contributed by atoms with Crippen molar-refractivity contribution >= 4 is 16.6 Å². The normalized spacial score (nSPS) is 14.5. The predicted molar refractivity (Wildman–Crippen MR) is 127 cm³/mol. The van der Waals surface area contributed by atoms with Crippen LogP contribution in [0, 0.1) is 0 Å². The van der Waals surface area contributed by atoms with E-state index in [-0.39, 0.29) is 5.56 Å². The Hall–Kier alpha value is -4.92. The van der Waals surface area contributed by atoms with Crippen molar-refractivity contribution in [3.63, 3.8) is 0 Å². The summed E-state index contributed by atoms with van der Waals surface area (Å²) in [5.41, 5.74) is 2.99. The van der Waals surface area contributed by atoms with E-state index in [9.17, 15) is 4.79 Å². The number of nitrogens with zero attached hydrogens (tertiary/aromatic N) is 4. The molecular formula is C26H17N5O4. The van der Waals surface area contributed by atoms with Gasteiger partial charge in [-0.2, -0.15) is 0 Å². The van der Waals surface area contributed by atoms with Crippen LogP contribution in [0.2, 0.25) is 0 Å². The first-order valence-corrected chi connectivity index (χ1v) is 11.0. The molecule has 1 unspecified atom stereocenters. The molecule has 1 aliphatic heterocycles. The van der Waals surface area contributed by atoms with Crippen molar-refractivity contribution in [3.05, 3.63) is 100 Å². The number of furan rings is 1. The Morgan fingerprint density at radius 1 is 1.03 bits per heavy atom. The number of rotatable bonds is 3. The van der Waals surface area contributed by atoms with Crippen LogP contribution in [0.3, 0.4) is 0 Å². The van der Waals surface area contributed by atoms with Gasteiger partial charge in [0.2, 0.25) is 11.7 Å². The molecule has 9 heteroatoms. The summed E-state index contributed by atoms with van der Waals surface area (Å²) < 4.78 is 18.7. The van der Waals surface area contributed by atoms with Gasteiger partial charge in [0.25, 0.3) is 5.56 Å². The minimum absolute atomic E-state index is 0.238. The van der Waals surface area contributed by atoms with Gasteiger partial charge < -0.3 is 18.9 Å². The first kappa shape index (κ1) is 19.5. The fourth-order valence-electron chi connectivity index (χ4n) is 4.67. The van der Waals surface area contributed by atoms with E-state index >= 15 is 0 Å². The minimum Gasteiger partial charge on any atom is -0.497 e. The fraction of sp³-hybridized carbons (Fsp3) is 0.0769. The van der Waals surface area contributed by atoms with E-state index in [1.807, 2.05) is 48.5 Å². The average molecular weight is 463 g/mol. The number of aromatic amines is 1. The molecule has 35 heavy (non-hydrogen) atoms. The highest BCUT2D eigenvalue weighted by Crippen LogP contribution is 2.48. The van der Waals surface area contributed by atoms with Crippen LogP contribution < -0.4 is 15.0 Å². The molecule has 1 N–H and O–H groups in total. The standard InChI is InChI=1S/C26H17N5O4/c1-33-15-10-8-14(9-11-15)19-20-22(16-5-2-3-6-17(16)28-25(20)32)35-26-21(19)24-29-23(18-7-4-12-34-18)30-31(24)13-27-26/h2-13,19H,1H3,(H,28,32). The highest BCUT2D eigenvalue weighted by molar-refractivity contribution is 5.88. The molecule has 2 aromatic carbocycles. The van der Waals surface area contributed by atoms with Gasteiger partial charge in [0.15, 0.2) is 11.4 Å². The number of para-hydroxylation sites is 1. The molecule has 9 nitrogen and oxygen atoms in total.